The fourth-order valence-corrected chi connectivity index (χ4v) is 2.74. The largest absolute Gasteiger partial charge is 0.384 e. The normalized spacial score (nSPS) is 22.9. The number of hydrogen-bond acceptors (Lipinski definition) is 4. The Morgan fingerprint density at radius 2 is 2.00 bits per heavy atom. The summed E-state index contributed by atoms with van der Waals surface area (Å²) in [6.45, 7) is 0. The van der Waals surface area contributed by atoms with Crippen LogP contribution in [0.2, 0.25) is 0 Å². The number of nitrogens with zero attached hydrogens (tertiary/aromatic N) is 2. The van der Waals surface area contributed by atoms with Crippen LogP contribution in [0.1, 0.15) is 56.0 Å². The number of nitrogen functional groups attached to an aromatic ring is 1. The van der Waals surface area contributed by atoms with Gasteiger partial charge in [0.05, 0.1) is 0 Å². The molecule has 1 heterocycles. The lowest BCUT2D eigenvalue weighted by Gasteiger charge is -2.26. The molecule has 4 heteroatoms. The minimum Gasteiger partial charge on any atom is -0.384 e. The highest BCUT2D eigenvalue weighted by Gasteiger charge is 2.39. The van der Waals surface area contributed by atoms with Crippen LogP contribution in [0.25, 0.3) is 0 Å². The van der Waals surface area contributed by atoms with Gasteiger partial charge in [0.15, 0.2) is 5.82 Å². The average molecular weight is 233 g/mol. The van der Waals surface area contributed by atoms with E-state index in [0.717, 1.165) is 24.4 Å². The van der Waals surface area contributed by atoms with Crippen molar-refractivity contribution in [3.63, 3.8) is 0 Å². The van der Waals surface area contributed by atoms with Crippen molar-refractivity contribution in [3.05, 3.63) is 17.6 Å². The second-order valence-corrected chi connectivity index (χ2v) is 5.22. The Kier molecular flexibility index (Phi) is 2.54. The molecule has 0 aliphatic heterocycles. The first-order valence-corrected chi connectivity index (χ1v) is 6.44. The molecule has 0 radical (unpaired) electrons. The molecule has 0 saturated heterocycles. The molecule has 1 aromatic heterocycles. The zero-order chi connectivity index (χ0) is 11.9. The quantitative estimate of drug-likeness (QED) is 0.870. The van der Waals surface area contributed by atoms with Gasteiger partial charge in [-0.15, -0.1) is 0 Å². The average Bonchev–Trinajstić information content (AvgIpc) is 3.07. The van der Waals surface area contributed by atoms with Crippen LogP contribution in [0.5, 0.6) is 0 Å². The van der Waals surface area contributed by atoms with Gasteiger partial charge in [0.1, 0.15) is 11.4 Å². The molecule has 2 fully saturated rings. The summed E-state index contributed by atoms with van der Waals surface area (Å²) in [5.41, 5.74) is 6.73. The highest BCUT2D eigenvalue weighted by molar-refractivity contribution is 5.34. The van der Waals surface area contributed by atoms with Crippen molar-refractivity contribution in [3.8, 4) is 0 Å². The maximum absolute atomic E-state index is 5.90. The van der Waals surface area contributed by atoms with Crippen molar-refractivity contribution in [2.45, 2.75) is 50.0 Å². The second-order valence-electron chi connectivity index (χ2n) is 5.22. The van der Waals surface area contributed by atoms with Crippen molar-refractivity contribution in [1.29, 1.82) is 0 Å². The van der Waals surface area contributed by atoms with Gasteiger partial charge in [-0.1, -0.05) is 0 Å². The summed E-state index contributed by atoms with van der Waals surface area (Å²) in [4.78, 5) is 9.12. The maximum atomic E-state index is 5.90. The summed E-state index contributed by atoms with van der Waals surface area (Å²) in [7, 11) is 1.76. The Morgan fingerprint density at radius 3 is 2.59 bits per heavy atom. The Labute approximate surface area is 102 Å². The number of anilines is 1. The monoisotopic (exact) mass is 233 g/mol. The third-order valence-electron chi connectivity index (χ3n) is 3.97. The highest BCUT2D eigenvalue weighted by Crippen LogP contribution is 2.43. The molecule has 2 aliphatic carbocycles. The molecule has 0 atom stereocenters. The lowest BCUT2D eigenvalue weighted by atomic mass is 10.0. The minimum atomic E-state index is -0.279. The van der Waals surface area contributed by atoms with Gasteiger partial charge in [-0.05, 0) is 38.5 Å². The molecular weight excluding hydrogens is 214 g/mol. The zero-order valence-electron chi connectivity index (χ0n) is 10.3. The molecule has 2 saturated carbocycles. The van der Waals surface area contributed by atoms with Crippen LogP contribution in [0.15, 0.2) is 6.07 Å². The summed E-state index contributed by atoms with van der Waals surface area (Å²) < 4.78 is 5.71. The number of rotatable bonds is 3. The van der Waals surface area contributed by atoms with Crippen molar-refractivity contribution in [1.82, 2.24) is 9.97 Å². The van der Waals surface area contributed by atoms with Crippen molar-refractivity contribution in [2.24, 2.45) is 0 Å². The lowest BCUT2D eigenvalue weighted by Crippen LogP contribution is -2.28. The van der Waals surface area contributed by atoms with E-state index in [-0.39, 0.29) is 5.60 Å². The first kappa shape index (κ1) is 11.0. The molecular formula is C13H19N3O. The Morgan fingerprint density at radius 1 is 1.29 bits per heavy atom. The first-order chi connectivity index (χ1) is 8.23. The lowest BCUT2D eigenvalue weighted by molar-refractivity contribution is -0.0163. The molecule has 4 nitrogen and oxygen atoms in total. The fourth-order valence-electron chi connectivity index (χ4n) is 2.74. The van der Waals surface area contributed by atoms with Crippen LogP contribution in [0.3, 0.4) is 0 Å². The van der Waals surface area contributed by atoms with E-state index in [1.165, 1.54) is 25.7 Å². The molecule has 0 amide bonds. The van der Waals surface area contributed by atoms with E-state index in [0.29, 0.717) is 11.7 Å². The van der Waals surface area contributed by atoms with Crippen LogP contribution < -0.4 is 5.73 Å². The Bertz CT molecular complexity index is 423. The van der Waals surface area contributed by atoms with Crippen molar-refractivity contribution < 1.29 is 4.74 Å². The molecule has 2 aliphatic rings. The van der Waals surface area contributed by atoms with Crippen LogP contribution >= 0.6 is 0 Å². The standard InChI is InChI=1S/C13H19N3O/c1-17-13(6-2-3-7-13)12-15-10(9-4-5-9)8-11(14)16-12/h8-9H,2-7H2,1H3,(H2,14,15,16). The summed E-state index contributed by atoms with van der Waals surface area (Å²) in [5, 5.41) is 0. The van der Waals surface area contributed by atoms with E-state index in [1.807, 2.05) is 6.07 Å². The van der Waals surface area contributed by atoms with E-state index in [4.69, 9.17) is 15.5 Å². The number of ether oxygens (including phenoxy) is 1. The van der Waals surface area contributed by atoms with Crippen molar-refractivity contribution >= 4 is 5.82 Å². The number of methoxy groups -OCH3 is 1. The van der Waals surface area contributed by atoms with E-state index >= 15 is 0 Å². The Balaban J connectivity index is 2.00. The van der Waals surface area contributed by atoms with Gasteiger partial charge in [-0.3, -0.25) is 0 Å². The number of aromatic nitrogens is 2. The van der Waals surface area contributed by atoms with Gasteiger partial charge in [0.25, 0.3) is 0 Å². The topological polar surface area (TPSA) is 61.0 Å². The van der Waals surface area contributed by atoms with E-state index in [1.54, 1.807) is 7.11 Å². The molecule has 0 unspecified atom stereocenters. The van der Waals surface area contributed by atoms with Gasteiger partial charge < -0.3 is 10.5 Å². The van der Waals surface area contributed by atoms with Gasteiger partial charge in [-0.25, -0.2) is 9.97 Å². The summed E-state index contributed by atoms with van der Waals surface area (Å²) in [6.07, 6.45) is 6.86. The fraction of sp³-hybridized carbons (Fsp3) is 0.692. The Hall–Kier alpha value is -1.16. The molecule has 3 rings (SSSR count). The third kappa shape index (κ3) is 1.90. The summed E-state index contributed by atoms with van der Waals surface area (Å²) >= 11 is 0. The smallest absolute Gasteiger partial charge is 0.162 e. The predicted molar refractivity (Wildman–Crippen MR) is 65.6 cm³/mol. The third-order valence-corrected chi connectivity index (χ3v) is 3.97. The molecule has 1 aromatic rings. The summed E-state index contributed by atoms with van der Waals surface area (Å²) in [6, 6.07) is 1.92. The second kappa shape index (κ2) is 3.95. The first-order valence-electron chi connectivity index (χ1n) is 6.44. The van der Waals surface area contributed by atoms with E-state index in [9.17, 15) is 0 Å². The summed E-state index contributed by atoms with van der Waals surface area (Å²) in [5.74, 6) is 1.99. The number of hydrogen-bond donors (Lipinski definition) is 1. The molecule has 0 bridgehead atoms. The van der Waals surface area contributed by atoms with Crippen molar-refractivity contribution in [2.75, 3.05) is 12.8 Å². The SMILES string of the molecule is COC1(c2nc(N)cc(C3CC3)n2)CCCC1. The number of nitrogens with two attached hydrogens (primary N) is 1. The van der Waals surface area contributed by atoms with Gasteiger partial charge >= 0.3 is 0 Å². The predicted octanol–water partition coefficient (Wildman–Crippen LogP) is 2.35. The van der Waals surface area contributed by atoms with E-state index in [2.05, 4.69) is 4.98 Å². The molecule has 0 aromatic carbocycles. The van der Waals surface area contributed by atoms with Gasteiger partial charge in [-0.2, -0.15) is 0 Å². The molecule has 0 spiro atoms. The molecule has 92 valence electrons. The molecule has 2 N–H and O–H groups in total. The molecule has 17 heavy (non-hydrogen) atoms. The van der Waals surface area contributed by atoms with E-state index < -0.39 is 0 Å². The van der Waals surface area contributed by atoms with Gasteiger partial charge in [0, 0.05) is 24.8 Å². The minimum absolute atomic E-state index is 0.279. The zero-order valence-corrected chi connectivity index (χ0v) is 10.3. The van der Waals surface area contributed by atoms with Crippen LogP contribution in [-0.2, 0) is 10.3 Å². The van der Waals surface area contributed by atoms with Crippen LogP contribution in [0, 0.1) is 0 Å². The maximum Gasteiger partial charge on any atom is 0.162 e. The highest BCUT2D eigenvalue weighted by atomic mass is 16.5. The van der Waals surface area contributed by atoms with Crippen LogP contribution in [-0.4, -0.2) is 17.1 Å². The van der Waals surface area contributed by atoms with Gasteiger partial charge in [0.2, 0.25) is 0 Å². The van der Waals surface area contributed by atoms with Crippen LogP contribution in [0.4, 0.5) is 5.82 Å².